The van der Waals surface area contributed by atoms with Crippen LogP contribution in [0.5, 0.6) is 0 Å². The molecule has 0 aromatic carbocycles. The molecule has 0 amide bonds. The predicted octanol–water partition coefficient (Wildman–Crippen LogP) is 0.0946. The zero-order valence-electron chi connectivity index (χ0n) is 5.15. The Morgan fingerprint density at radius 3 is 2.75 bits per heavy atom. The Balaban J connectivity index is 2.84. The van der Waals surface area contributed by atoms with Crippen LogP contribution >= 0.6 is 0 Å². The third-order valence-corrected chi connectivity index (χ3v) is 1.03. The highest BCUT2D eigenvalue weighted by molar-refractivity contribution is 4.71. The third-order valence-electron chi connectivity index (χ3n) is 1.03. The number of hydrogen-bond acceptors (Lipinski definition) is 1. The first-order valence-electron chi connectivity index (χ1n) is 2.76. The van der Waals surface area contributed by atoms with E-state index in [1.807, 2.05) is 6.92 Å². The van der Waals surface area contributed by atoms with Gasteiger partial charge in [0.15, 0.2) is 0 Å². The molecule has 44 valence electrons. The van der Waals surface area contributed by atoms with E-state index in [0.717, 1.165) is 18.1 Å². The molecule has 0 bridgehead atoms. The van der Waals surface area contributed by atoms with Crippen molar-refractivity contribution >= 4 is 0 Å². The summed E-state index contributed by atoms with van der Waals surface area (Å²) in [5, 5.41) is 6.77. The smallest absolute Gasteiger partial charge is 0.246 e. The molecule has 3 nitrogen and oxygen atoms in total. The second-order valence-corrected chi connectivity index (χ2v) is 1.77. The maximum atomic E-state index is 3.95. The Kier molecular flexibility index (Phi) is 1.28. The highest BCUT2D eigenvalue weighted by Crippen LogP contribution is 1.81. The van der Waals surface area contributed by atoms with Gasteiger partial charge in [0.2, 0.25) is 5.82 Å². The normalized spacial score (nSPS) is 9.75. The van der Waals surface area contributed by atoms with Crippen LogP contribution in [-0.2, 0) is 6.42 Å². The minimum atomic E-state index is 0.963. The number of rotatable bonds is 1. The molecule has 0 unspecified atom stereocenters. The van der Waals surface area contributed by atoms with Gasteiger partial charge < -0.3 is 0 Å². The number of aryl methyl sites for hydroxylation is 2. The molecule has 0 aliphatic carbocycles. The van der Waals surface area contributed by atoms with E-state index < -0.39 is 0 Å². The standard InChI is InChI=1S/C5H9N3/c1-3-5-6-4(2)7-8-5/h3H2,1-2H3,(H,6,7,8)/p+1. The summed E-state index contributed by atoms with van der Waals surface area (Å²) in [6.45, 7) is 4.01. The fraction of sp³-hybridized carbons (Fsp3) is 0.600. The molecule has 2 N–H and O–H groups in total. The lowest BCUT2D eigenvalue weighted by Crippen LogP contribution is -2.07. The summed E-state index contributed by atoms with van der Waals surface area (Å²) in [5.41, 5.74) is 0. The summed E-state index contributed by atoms with van der Waals surface area (Å²) in [6.07, 6.45) is 0.963. The van der Waals surface area contributed by atoms with Crippen LogP contribution in [0.1, 0.15) is 18.6 Å². The lowest BCUT2D eigenvalue weighted by Gasteiger charge is -1.70. The van der Waals surface area contributed by atoms with Crippen LogP contribution < -0.4 is 4.98 Å². The Morgan fingerprint density at radius 1 is 1.75 bits per heavy atom. The number of nitrogens with one attached hydrogen (secondary N) is 2. The largest absolute Gasteiger partial charge is 0.274 e. The van der Waals surface area contributed by atoms with Gasteiger partial charge in [0.25, 0.3) is 5.82 Å². The molecule has 0 atom stereocenters. The summed E-state index contributed by atoms with van der Waals surface area (Å²) < 4.78 is 0. The van der Waals surface area contributed by atoms with E-state index in [9.17, 15) is 0 Å². The highest BCUT2D eigenvalue weighted by atomic mass is 15.2. The van der Waals surface area contributed by atoms with Crippen molar-refractivity contribution in [2.45, 2.75) is 20.3 Å². The summed E-state index contributed by atoms with van der Waals surface area (Å²) in [6, 6.07) is 0. The average molecular weight is 112 g/mol. The molecule has 0 aliphatic heterocycles. The topological polar surface area (TPSA) is 42.8 Å². The quantitative estimate of drug-likeness (QED) is 0.550. The van der Waals surface area contributed by atoms with Crippen LogP contribution in [0.3, 0.4) is 0 Å². The van der Waals surface area contributed by atoms with Crippen molar-refractivity contribution in [3.63, 3.8) is 0 Å². The van der Waals surface area contributed by atoms with Crippen molar-refractivity contribution < 1.29 is 4.98 Å². The van der Waals surface area contributed by atoms with E-state index in [1.54, 1.807) is 0 Å². The van der Waals surface area contributed by atoms with Gasteiger partial charge in [-0.1, -0.05) is 6.92 Å². The number of H-pyrrole nitrogens is 2. The Morgan fingerprint density at radius 2 is 2.50 bits per heavy atom. The SMILES string of the molecule is CCc1n[nH]c(C)[nH+]1. The van der Waals surface area contributed by atoms with Gasteiger partial charge in [-0.15, -0.1) is 5.10 Å². The molecule has 1 heterocycles. The Labute approximate surface area is 48.1 Å². The average Bonchev–Trinajstić information content (AvgIpc) is 2.14. The second-order valence-electron chi connectivity index (χ2n) is 1.77. The molecule has 0 fully saturated rings. The maximum Gasteiger partial charge on any atom is 0.274 e. The van der Waals surface area contributed by atoms with Crippen LogP contribution in [0.4, 0.5) is 0 Å². The minimum absolute atomic E-state index is 0.963. The number of aromatic amines is 2. The van der Waals surface area contributed by atoms with Gasteiger partial charge in [0.1, 0.15) is 0 Å². The molecule has 0 saturated carbocycles. The van der Waals surface area contributed by atoms with Crippen LogP contribution in [0.25, 0.3) is 0 Å². The van der Waals surface area contributed by atoms with Crippen LogP contribution in [-0.4, -0.2) is 10.2 Å². The molecule has 0 saturated heterocycles. The molecule has 1 aromatic heterocycles. The predicted molar refractivity (Wildman–Crippen MR) is 29.3 cm³/mol. The lowest BCUT2D eigenvalue weighted by atomic mass is 10.5. The van der Waals surface area contributed by atoms with Gasteiger partial charge in [-0.2, -0.15) is 0 Å². The molecular weight excluding hydrogens is 102 g/mol. The first-order valence-corrected chi connectivity index (χ1v) is 2.76. The van der Waals surface area contributed by atoms with Crippen LogP contribution in [0.15, 0.2) is 0 Å². The van der Waals surface area contributed by atoms with E-state index in [2.05, 4.69) is 22.1 Å². The summed E-state index contributed by atoms with van der Waals surface area (Å²) in [7, 11) is 0. The van der Waals surface area contributed by atoms with Crippen LogP contribution in [0.2, 0.25) is 0 Å². The van der Waals surface area contributed by atoms with Gasteiger partial charge in [0.05, 0.1) is 0 Å². The van der Waals surface area contributed by atoms with Crippen molar-refractivity contribution in [2.24, 2.45) is 0 Å². The second kappa shape index (κ2) is 1.94. The Hall–Kier alpha value is -0.860. The van der Waals surface area contributed by atoms with E-state index in [0.29, 0.717) is 0 Å². The van der Waals surface area contributed by atoms with Gasteiger partial charge in [-0.3, -0.25) is 0 Å². The van der Waals surface area contributed by atoms with Crippen molar-refractivity contribution in [3.8, 4) is 0 Å². The molecule has 1 aromatic rings. The highest BCUT2D eigenvalue weighted by Gasteiger charge is 2.00. The van der Waals surface area contributed by atoms with Crippen molar-refractivity contribution in [1.82, 2.24) is 10.2 Å². The molecule has 0 spiro atoms. The minimum Gasteiger partial charge on any atom is -0.246 e. The zero-order valence-corrected chi connectivity index (χ0v) is 5.15. The molecule has 0 radical (unpaired) electrons. The molecular formula is C5H10N3+. The summed E-state index contributed by atoms with van der Waals surface area (Å²) in [4.78, 5) is 3.06. The lowest BCUT2D eigenvalue weighted by molar-refractivity contribution is -0.399. The third kappa shape index (κ3) is 0.857. The molecule has 0 aliphatic rings. The Bertz CT molecular complexity index is 168. The van der Waals surface area contributed by atoms with Gasteiger partial charge in [-0.05, 0) is 0 Å². The number of aromatic nitrogens is 3. The molecule has 3 heteroatoms. The van der Waals surface area contributed by atoms with Gasteiger partial charge >= 0.3 is 0 Å². The maximum absolute atomic E-state index is 3.95. The van der Waals surface area contributed by atoms with Crippen molar-refractivity contribution in [3.05, 3.63) is 11.6 Å². The fourth-order valence-corrected chi connectivity index (χ4v) is 0.591. The monoisotopic (exact) mass is 112 g/mol. The van der Waals surface area contributed by atoms with E-state index >= 15 is 0 Å². The summed E-state index contributed by atoms with van der Waals surface area (Å²) >= 11 is 0. The van der Waals surface area contributed by atoms with Gasteiger partial charge in [-0.25, -0.2) is 4.98 Å². The van der Waals surface area contributed by atoms with Crippen LogP contribution in [0, 0.1) is 6.92 Å². The molecule has 1 rings (SSSR count). The van der Waals surface area contributed by atoms with E-state index in [-0.39, 0.29) is 0 Å². The fourth-order valence-electron chi connectivity index (χ4n) is 0.591. The molecule has 8 heavy (non-hydrogen) atoms. The van der Waals surface area contributed by atoms with Crippen molar-refractivity contribution in [1.29, 1.82) is 0 Å². The van der Waals surface area contributed by atoms with Gasteiger partial charge in [0, 0.05) is 18.4 Å². The zero-order chi connectivity index (χ0) is 5.98. The number of nitrogens with zero attached hydrogens (tertiary/aromatic N) is 1. The first kappa shape index (κ1) is 5.28. The number of hydrogen-bond donors (Lipinski definition) is 1. The first-order chi connectivity index (χ1) is 3.83. The summed E-state index contributed by atoms with van der Waals surface area (Å²) in [5.74, 6) is 2.03. The van der Waals surface area contributed by atoms with Crippen molar-refractivity contribution in [2.75, 3.05) is 0 Å². The van der Waals surface area contributed by atoms with E-state index in [1.165, 1.54) is 0 Å². The van der Waals surface area contributed by atoms with E-state index in [4.69, 9.17) is 0 Å².